The largest absolute Gasteiger partial charge is 0.494 e. The van der Waals surface area contributed by atoms with E-state index in [1.165, 1.54) is 18.2 Å². The monoisotopic (exact) mass is 573 g/mol. The van der Waals surface area contributed by atoms with Gasteiger partial charge in [0.05, 0.1) is 12.2 Å². The van der Waals surface area contributed by atoms with Crippen molar-refractivity contribution in [2.24, 2.45) is 0 Å². The first-order valence-corrected chi connectivity index (χ1v) is 12.3. The second-order valence-corrected chi connectivity index (χ2v) is 9.35. The van der Waals surface area contributed by atoms with Crippen LogP contribution in [0.15, 0.2) is 48.0 Å². The Kier molecular flexibility index (Phi) is 7.56. The van der Waals surface area contributed by atoms with E-state index in [0.717, 1.165) is 12.1 Å². The molecule has 1 fully saturated rings. The lowest BCUT2D eigenvalue weighted by Crippen LogP contribution is -2.60. The number of fused-ring (bicyclic) bond motifs is 1. The molecule has 5 rings (SSSR count). The minimum Gasteiger partial charge on any atom is -0.494 e. The predicted molar refractivity (Wildman–Crippen MR) is 128 cm³/mol. The molecule has 9 nitrogen and oxygen atoms in total. The van der Waals surface area contributed by atoms with Gasteiger partial charge in [0.1, 0.15) is 25.1 Å². The van der Waals surface area contributed by atoms with Crippen molar-refractivity contribution < 1.29 is 45.3 Å². The van der Waals surface area contributed by atoms with Gasteiger partial charge < -0.3 is 19.5 Å². The molecule has 2 aromatic carbocycles. The molecule has 0 spiro atoms. The van der Waals surface area contributed by atoms with Crippen LogP contribution in [0.1, 0.15) is 30.4 Å². The molecule has 0 saturated carbocycles. The Hall–Kier alpha value is -3.53. The minimum absolute atomic E-state index is 0.0265. The van der Waals surface area contributed by atoms with Crippen LogP contribution in [0, 0.1) is 0 Å². The number of nitrogens with one attached hydrogen (secondary N) is 5. The summed E-state index contributed by atoms with van der Waals surface area (Å²) in [5.41, 5.74) is 8.01. The summed E-state index contributed by atoms with van der Waals surface area (Å²) in [5.74, 6) is -0.0813. The maximum atomic E-state index is 14.9. The number of hydrogen-bond donors (Lipinski definition) is 5. The third-order valence-electron chi connectivity index (χ3n) is 6.72. The van der Waals surface area contributed by atoms with Crippen molar-refractivity contribution in [3.63, 3.8) is 0 Å². The number of hydrazine groups is 3. The highest BCUT2D eigenvalue weighted by Gasteiger charge is 2.60. The molecule has 1 amide bonds. The summed E-state index contributed by atoms with van der Waals surface area (Å²) in [6.07, 6.45) is -12.1. The van der Waals surface area contributed by atoms with Crippen LogP contribution in [0.4, 0.5) is 26.3 Å². The number of halogens is 6. The molecule has 1 unspecified atom stereocenters. The van der Waals surface area contributed by atoms with E-state index >= 15 is 0 Å². The fourth-order valence-corrected chi connectivity index (χ4v) is 4.80. The lowest BCUT2D eigenvalue weighted by atomic mass is 9.76. The van der Waals surface area contributed by atoms with Crippen molar-refractivity contribution in [3.8, 4) is 17.2 Å². The van der Waals surface area contributed by atoms with E-state index in [1.54, 1.807) is 12.1 Å². The van der Waals surface area contributed by atoms with Gasteiger partial charge in [0.25, 0.3) is 5.91 Å². The van der Waals surface area contributed by atoms with E-state index in [2.05, 4.69) is 27.2 Å². The highest BCUT2D eigenvalue weighted by molar-refractivity contribution is 6.05. The Balaban J connectivity index is 1.50. The van der Waals surface area contributed by atoms with Gasteiger partial charge in [-0.05, 0) is 47.4 Å². The second kappa shape index (κ2) is 10.8. The summed E-state index contributed by atoms with van der Waals surface area (Å²) in [5, 5.41) is 2.18. The Morgan fingerprint density at radius 2 is 1.60 bits per heavy atom. The number of carbonyl (C=O) groups is 1. The van der Waals surface area contributed by atoms with E-state index in [-0.39, 0.29) is 42.1 Å². The van der Waals surface area contributed by atoms with E-state index in [4.69, 9.17) is 14.2 Å². The summed E-state index contributed by atoms with van der Waals surface area (Å²) in [4.78, 5) is 13.4. The highest BCUT2D eigenvalue weighted by atomic mass is 19.4. The summed E-state index contributed by atoms with van der Waals surface area (Å²) >= 11 is 0. The topological polar surface area (TPSA) is 105 Å². The maximum absolute atomic E-state index is 14.9. The van der Waals surface area contributed by atoms with E-state index in [9.17, 15) is 31.1 Å². The summed E-state index contributed by atoms with van der Waals surface area (Å²) in [6, 6.07) is 9.45. The summed E-state index contributed by atoms with van der Waals surface area (Å²) in [6.45, 7) is 0.332. The van der Waals surface area contributed by atoms with Gasteiger partial charge in [-0.2, -0.15) is 37.4 Å². The second-order valence-electron chi connectivity index (χ2n) is 9.35. The number of hydrogen-bond acceptors (Lipinski definition) is 8. The molecule has 3 aliphatic heterocycles. The van der Waals surface area contributed by atoms with Crippen molar-refractivity contribution in [1.82, 2.24) is 27.2 Å². The third-order valence-corrected chi connectivity index (χ3v) is 6.72. The lowest BCUT2D eigenvalue weighted by Gasteiger charge is -2.42. The molecule has 1 saturated heterocycles. The van der Waals surface area contributed by atoms with Crippen LogP contribution in [-0.4, -0.2) is 44.2 Å². The van der Waals surface area contributed by atoms with Crippen molar-refractivity contribution in [2.45, 2.75) is 43.3 Å². The van der Waals surface area contributed by atoms with Gasteiger partial charge in [0, 0.05) is 12.8 Å². The number of benzene rings is 2. The average Bonchev–Trinajstić information content (AvgIpc) is 3.44. The van der Waals surface area contributed by atoms with Crippen molar-refractivity contribution in [3.05, 3.63) is 59.2 Å². The van der Waals surface area contributed by atoms with Crippen LogP contribution in [-0.2, 0) is 10.3 Å². The molecule has 2 aromatic rings. The predicted octanol–water partition coefficient (Wildman–Crippen LogP) is 3.35. The fourth-order valence-electron chi connectivity index (χ4n) is 4.80. The molecule has 5 N–H and O–H groups in total. The molecule has 0 radical (unpaired) electrons. The van der Waals surface area contributed by atoms with Gasteiger partial charge in [-0.25, -0.2) is 10.9 Å². The number of rotatable bonds is 7. The minimum atomic E-state index is -4.94. The van der Waals surface area contributed by atoms with Crippen molar-refractivity contribution in [2.75, 3.05) is 19.8 Å². The molecule has 3 aliphatic rings. The fraction of sp³-hybridized carbons (Fsp3) is 0.400. The molecule has 0 aromatic heterocycles. The van der Waals surface area contributed by atoms with Crippen LogP contribution < -0.4 is 41.4 Å². The lowest BCUT2D eigenvalue weighted by molar-refractivity contribution is -0.202. The van der Waals surface area contributed by atoms with Gasteiger partial charge in [0.15, 0.2) is 17.0 Å². The van der Waals surface area contributed by atoms with Crippen LogP contribution in [0.25, 0.3) is 5.57 Å². The molecule has 0 bridgehead atoms. The first-order chi connectivity index (χ1) is 19.0. The molecule has 1 atom stereocenters. The maximum Gasteiger partial charge on any atom is 0.416 e. The van der Waals surface area contributed by atoms with Gasteiger partial charge in [-0.3, -0.25) is 4.79 Å². The number of alkyl halides is 6. The quantitative estimate of drug-likeness (QED) is 0.254. The Morgan fingerprint density at radius 1 is 0.925 bits per heavy atom. The molecular weight excluding hydrogens is 548 g/mol. The molecule has 40 heavy (non-hydrogen) atoms. The molecule has 216 valence electrons. The Bertz CT molecular complexity index is 1280. The van der Waals surface area contributed by atoms with Gasteiger partial charge in [0.2, 0.25) is 0 Å². The first kappa shape index (κ1) is 28.0. The third kappa shape index (κ3) is 5.68. The van der Waals surface area contributed by atoms with Gasteiger partial charge in [-0.15, -0.1) is 0 Å². The Labute approximate surface area is 224 Å². The summed E-state index contributed by atoms with van der Waals surface area (Å²) in [7, 11) is 0. The molecule has 0 aliphatic carbocycles. The van der Waals surface area contributed by atoms with Crippen LogP contribution >= 0.6 is 0 Å². The zero-order valence-electron chi connectivity index (χ0n) is 20.8. The van der Waals surface area contributed by atoms with E-state index < -0.39 is 42.8 Å². The number of amides is 1. The number of ether oxygens (including phenoxy) is 3. The molecule has 3 heterocycles. The van der Waals surface area contributed by atoms with Crippen molar-refractivity contribution >= 4 is 11.5 Å². The zero-order valence-corrected chi connectivity index (χ0v) is 20.8. The van der Waals surface area contributed by atoms with Crippen LogP contribution in [0.2, 0.25) is 0 Å². The first-order valence-electron chi connectivity index (χ1n) is 12.3. The normalized spacial score (nSPS) is 21.9. The van der Waals surface area contributed by atoms with E-state index in [0.29, 0.717) is 23.7 Å². The standard InChI is InChI=1S/C25H25F6N5O4/c26-24(27,28)8-1-9-38-16-5-3-15(4-6-16)23(25(29,30)31)13-17(20(22(37)32-23)21-33-35-36-34-21)14-2-7-18-19(12-14)40-11-10-39-18/h2-7,12,21,33-36H,1,8-11,13H2,(H,32,37). The molecular formula is C25H25F6N5O4. The van der Waals surface area contributed by atoms with Crippen LogP contribution in [0.5, 0.6) is 17.2 Å². The smallest absolute Gasteiger partial charge is 0.416 e. The van der Waals surface area contributed by atoms with Gasteiger partial charge in [-0.1, -0.05) is 18.2 Å². The summed E-state index contributed by atoms with van der Waals surface area (Å²) < 4.78 is 98.2. The van der Waals surface area contributed by atoms with Crippen molar-refractivity contribution in [1.29, 1.82) is 0 Å². The van der Waals surface area contributed by atoms with Crippen LogP contribution in [0.3, 0.4) is 0 Å². The Morgan fingerprint density at radius 3 is 2.25 bits per heavy atom. The average molecular weight is 573 g/mol. The van der Waals surface area contributed by atoms with E-state index in [1.807, 2.05) is 0 Å². The van der Waals surface area contributed by atoms with Gasteiger partial charge >= 0.3 is 12.4 Å². The SMILES string of the molecule is O=C1NC(c2ccc(OCCCC(F)(F)F)cc2)(C(F)(F)F)CC(c2ccc3c(c2)OCCO3)=C1C1NNNN1. The highest BCUT2D eigenvalue weighted by Crippen LogP contribution is 2.49. The zero-order chi connectivity index (χ0) is 28.5. The number of carbonyl (C=O) groups excluding carboxylic acids is 1. The molecule has 15 heteroatoms.